The van der Waals surface area contributed by atoms with Crippen LogP contribution in [0.3, 0.4) is 0 Å². The van der Waals surface area contributed by atoms with Gasteiger partial charge < -0.3 is 9.47 Å². The summed E-state index contributed by atoms with van der Waals surface area (Å²) in [7, 11) is 0. The largest absolute Gasteiger partial charge is 0.432 e. The summed E-state index contributed by atoms with van der Waals surface area (Å²) in [6.07, 6.45) is 1.60. The quantitative estimate of drug-likeness (QED) is 0.417. The zero-order valence-electron chi connectivity index (χ0n) is 9.00. The molecule has 1 aliphatic heterocycles. The lowest BCUT2D eigenvalue weighted by Gasteiger charge is -2.31. The van der Waals surface area contributed by atoms with Gasteiger partial charge in [0.05, 0.1) is 5.69 Å². The van der Waals surface area contributed by atoms with Crippen LogP contribution in [0.25, 0.3) is 0 Å². The van der Waals surface area contributed by atoms with E-state index in [1.807, 2.05) is 0 Å². The third-order valence-electron chi connectivity index (χ3n) is 2.53. The number of pyridine rings is 1. The molecule has 6 heteroatoms. The van der Waals surface area contributed by atoms with Crippen LogP contribution < -0.4 is 0 Å². The Balaban J connectivity index is 2.48. The smallest absolute Gasteiger partial charge is 0.425 e. The van der Waals surface area contributed by atoms with Crippen LogP contribution in [-0.2, 0) is 29.5 Å². The van der Waals surface area contributed by atoms with Gasteiger partial charge in [0.25, 0.3) is 5.60 Å². The average Bonchev–Trinajstić information content (AvgIpc) is 2.35. The van der Waals surface area contributed by atoms with Gasteiger partial charge in [0, 0.05) is 12.6 Å². The second-order valence-electron chi connectivity index (χ2n) is 3.46. The summed E-state index contributed by atoms with van der Waals surface area (Å²) < 4.78 is 9.28. The van der Waals surface area contributed by atoms with Gasteiger partial charge in [-0.1, -0.05) is 13.0 Å². The van der Waals surface area contributed by atoms with E-state index in [1.165, 1.54) is 12.3 Å². The first-order valence-corrected chi connectivity index (χ1v) is 5.01. The molecule has 0 radical (unpaired) electrons. The first kappa shape index (κ1) is 11.3. The summed E-state index contributed by atoms with van der Waals surface area (Å²) in [6.45, 7) is 1.64. The molecule has 1 fully saturated rings. The van der Waals surface area contributed by atoms with Crippen molar-refractivity contribution in [1.82, 2.24) is 4.98 Å². The van der Waals surface area contributed by atoms with Crippen molar-refractivity contribution in [2.45, 2.75) is 18.9 Å². The number of carbonyl (C=O) groups is 3. The van der Waals surface area contributed by atoms with Crippen LogP contribution >= 0.6 is 0 Å². The lowest BCUT2D eigenvalue weighted by molar-refractivity contribution is -0.207. The molecule has 0 aliphatic carbocycles. The molecule has 0 bridgehead atoms. The van der Waals surface area contributed by atoms with Crippen molar-refractivity contribution in [3.63, 3.8) is 0 Å². The number of aromatic nitrogens is 1. The van der Waals surface area contributed by atoms with Gasteiger partial charge in [-0.3, -0.25) is 4.98 Å². The fourth-order valence-corrected chi connectivity index (χ4v) is 1.61. The third-order valence-corrected chi connectivity index (χ3v) is 2.53. The van der Waals surface area contributed by atoms with Crippen LogP contribution in [0.1, 0.15) is 19.0 Å². The van der Waals surface area contributed by atoms with Crippen molar-refractivity contribution in [2.24, 2.45) is 0 Å². The molecule has 2 heterocycles. The van der Waals surface area contributed by atoms with E-state index >= 15 is 0 Å². The van der Waals surface area contributed by atoms with E-state index in [-0.39, 0.29) is 12.1 Å². The Kier molecular flexibility index (Phi) is 2.63. The number of cyclic esters (lactones) is 3. The second kappa shape index (κ2) is 3.97. The highest BCUT2D eigenvalue weighted by Gasteiger charge is 2.52. The van der Waals surface area contributed by atoms with Crippen LogP contribution in [0.15, 0.2) is 24.4 Å². The summed E-state index contributed by atoms with van der Waals surface area (Å²) >= 11 is 0. The van der Waals surface area contributed by atoms with Crippen molar-refractivity contribution in [1.29, 1.82) is 0 Å². The zero-order valence-corrected chi connectivity index (χ0v) is 9.00. The number of nitrogens with zero attached hydrogens (tertiary/aromatic N) is 1. The molecular formula is C11H9NO5. The second-order valence-corrected chi connectivity index (χ2v) is 3.46. The van der Waals surface area contributed by atoms with Crippen molar-refractivity contribution in [3.8, 4) is 0 Å². The van der Waals surface area contributed by atoms with E-state index in [0.29, 0.717) is 0 Å². The fraction of sp³-hybridized carbons (Fsp3) is 0.273. The van der Waals surface area contributed by atoms with Crippen LogP contribution in [-0.4, -0.2) is 22.9 Å². The average molecular weight is 235 g/mol. The predicted octanol–water partition coefficient (Wildman–Crippen LogP) is 0.314. The highest BCUT2D eigenvalue weighted by molar-refractivity contribution is 6.33. The molecule has 0 spiro atoms. The summed E-state index contributed by atoms with van der Waals surface area (Å²) in [4.78, 5) is 37.8. The zero-order chi connectivity index (χ0) is 12.5. The van der Waals surface area contributed by atoms with Crippen molar-refractivity contribution < 1.29 is 23.9 Å². The fourth-order valence-electron chi connectivity index (χ4n) is 1.61. The van der Waals surface area contributed by atoms with E-state index in [9.17, 15) is 14.4 Å². The molecule has 0 amide bonds. The Hall–Kier alpha value is -2.24. The Morgan fingerprint density at radius 1 is 1.24 bits per heavy atom. The van der Waals surface area contributed by atoms with Gasteiger partial charge in [-0.2, -0.15) is 0 Å². The number of hydrogen-bond donors (Lipinski definition) is 0. The van der Waals surface area contributed by atoms with Gasteiger partial charge in [-0.15, -0.1) is 0 Å². The Bertz CT molecular complexity index is 484. The van der Waals surface area contributed by atoms with Crippen molar-refractivity contribution in [2.75, 3.05) is 0 Å². The monoisotopic (exact) mass is 235 g/mol. The van der Waals surface area contributed by atoms with E-state index < -0.39 is 23.5 Å². The minimum atomic E-state index is -1.62. The van der Waals surface area contributed by atoms with Crippen LogP contribution in [0, 0.1) is 0 Å². The maximum atomic E-state index is 11.7. The Labute approximate surface area is 96.5 Å². The normalized spacial score (nSPS) is 24.2. The molecular weight excluding hydrogens is 226 g/mol. The van der Waals surface area contributed by atoms with Crippen molar-refractivity contribution >= 4 is 17.9 Å². The summed E-state index contributed by atoms with van der Waals surface area (Å²) in [6, 6.07) is 4.85. The van der Waals surface area contributed by atoms with Crippen molar-refractivity contribution in [3.05, 3.63) is 30.1 Å². The minimum absolute atomic E-state index is 0.141. The molecule has 1 aromatic rings. The molecule has 6 nitrogen and oxygen atoms in total. The summed E-state index contributed by atoms with van der Waals surface area (Å²) in [5, 5.41) is 0. The number of ether oxygens (including phenoxy) is 2. The lowest BCUT2D eigenvalue weighted by Crippen LogP contribution is -2.50. The molecule has 1 aromatic heterocycles. The van der Waals surface area contributed by atoms with Crippen LogP contribution in [0.5, 0.6) is 0 Å². The van der Waals surface area contributed by atoms with Gasteiger partial charge in [0.15, 0.2) is 0 Å². The standard InChI is InChI=1S/C11H9NO5/c1-2-11(7-5-3-4-6-12-7)10(15)16-8(13)9(14)17-11/h3-6H,2H2,1H3. The first-order valence-electron chi connectivity index (χ1n) is 5.01. The Morgan fingerprint density at radius 2 is 2.00 bits per heavy atom. The molecule has 0 aromatic carbocycles. The van der Waals surface area contributed by atoms with E-state index in [2.05, 4.69) is 9.72 Å². The van der Waals surface area contributed by atoms with Gasteiger partial charge in [-0.05, 0) is 12.1 Å². The van der Waals surface area contributed by atoms with Gasteiger partial charge in [-0.25, -0.2) is 14.4 Å². The third kappa shape index (κ3) is 1.67. The Morgan fingerprint density at radius 3 is 2.59 bits per heavy atom. The maximum Gasteiger partial charge on any atom is 0.425 e. The van der Waals surface area contributed by atoms with Crippen LogP contribution in [0.4, 0.5) is 0 Å². The molecule has 0 saturated carbocycles. The van der Waals surface area contributed by atoms with Gasteiger partial charge >= 0.3 is 17.9 Å². The molecule has 1 aliphatic rings. The molecule has 1 unspecified atom stereocenters. The highest BCUT2D eigenvalue weighted by atomic mass is 16.7. The molecule has 88 valence electrons. The topological polar surface area (TPSA) is 82.6 Å². The van der Waals surface area contributed by atoms with E-state index in [1.54, 1.807) is 19.1 Å². The number of esters is 3. The van der Waals surface area contributed by atoms with Gasteiger partial charge in [0.1, 0.15) is 0 Å². The SMILES string of the molecule is CCC1(c2ccccn2)OC(=O)C(=O)OC1=O. The van der Waals surface area contributed by atoms with E-state index in [0.717, 1.165) is 0 Å². The lowest BCUT2D eigenvalue weighted by atomic mass is 9.94. The van der Waals surface area contributed by atoms with Crippen LogP contribution in [0.2, 0.25) is 0 Å². The molecule has 17 heavy (non-hydrogen) atoms. The molecule has 1 atom stereocenters. The highest BCUT2D eigenvalue weighted by Crippen LogP contribution is 2.32. The number of hydrogen-bond acceptors (Lipinski definition) is 6. The van der Waals surface area contributed by atoms with Gasteiger partial charge in [0.2, 0.25) is 0 Å². The maximum absolute atomic E-state index is 11.7. The minimum Gasteiger partial charge on any atom is -0.432 e. The first-order chi connectivity index (χ1) is 8.10. The van der Waals surface area contributed by atoms with E-state index in [4.69, 9.17) is 4.74 Å². The molecule has 2 rings (SSSR count). The predicted molar refractivity (Wildman–Crippen MR) is 53.4 cm³/mol. The summed E-state index contributed by atoms with van der Waals surface area (Å²) in [5.41, 5.74) is -1.37. The molecule has 1 saturated heterocycles. The summed E-state index contributed by atoms with van der Waals surface area (Å²) in [5.74, 6) is -3.39. The number of carbonyl (C=O) groups excluding carboxylic acids is 3. The number of rotatable bonds is 2. The molecule has 0 N–H and O–H groups in total.